The van der Waals surface area contributed by atoms with Gasteiger partial charge < -0.3 is 10.1 Å². The average Bonchev–Trinajstić information content (AvgIpc) is 2.83. The third-order valence-corrected chi connectivity index (χ3v) is 4.58. The van der Waals surface area contributed by atoms with Crippen LogP contribution in [-0.2, 0) is 9.59 Å². The molecule has 0 bridgehead atoms. The van der Waals surface area contributed by atoms with Crippen LogP contribution in [0.5, 0.6) is 5.75 Å². The highest BCUT2D eigenvalue weighted by Crippen LogP contribution is 2.31. The Morgan fingerprint density at radius 3 is 2.19 bits per heavy atom. The van der Waals surface area contributed by atoms with Crippen molar-refractivity contribution >= 4 is 23.1 Å². The van der Waals surface area contributed by atoms with E-state index >= 15 is 0 Å². The lowest BCUT2D eigenvalue weighted by molar-refractivity contribution is -0.135. The standard InChI is InChI=1S/C22H24N2O3/c1-13(2)27-18-10-7-16(8-11-18)19-20(22(26)24(5)21(19)25)23-17-9-6-14(3)15(4)12-17/h6-13,23H,1-5H3. The molecule has 5 nitrogen and oxygen atoms in total. The van der Waals surface area contributed by atoms with E-state index in [1.54, 1.807) is 12.1 Å². The molecule has 3 rings (SSSR count). The lowest BCUT2D eigenvalue weighted by Crippen LogP contribution is -2.27. The molecule has 140 valence electrons. The third-order valence-electron chi connectivity index (χ3n) is 4.58. The molecular weight excluding hydrogens is 340 g/mol. The Bertz CT molecular complexity index is 927. The van der Waals surface area contributed by atoms with Gasteiger partial charge in [0.15, 0.2) is 0 Å². The van der Waals surface area contributed by atoms with Gasteiger partial charge in [-0.25, -0.2) is 0 Å². The third kappa shape index (κ3) is 3.72. The van der Waals surface area contributed by atoms with Crippen LogP contribution >= 0.6 is 0 Å². The van der Waals surface area contributed by atoms with Gasteiger partial charge in [0, 0.05) is 12.7 Å². The fourth-order valence-electron chi connectivity index (χ4n) is 2.96. The van der Waals surface area contributed by atoms with Gasteiger partial charge in [-0.3, -0.25) is 14.5 Å². The van der Waals surface area contributed by atoms with E-state index in [1.165, 1.54) is 12.6 Å². The van der Waals surface area contributed by atoms with Crippen LogP contribution in [0.25, 0.3) is 5.57 Å². The van der Waals surface area contributed by atoms with Gasteiger partial charge >= 0.3 is 0 Å². The van der Waals surface area contributed by atoms with E-state index < -0.39 is 0 Å². The van der Waals surface area contributed by atoms with Crippen molar-refractivity contribution in [3.05, 3.63) is 64.9 Å². The summed E-state index contributed by atoms with van der Waals surface area (Å²) < 4.78 is 5.65. The van der Waals surface area contributed by atoms with Crippen LogP contribution in [0, 0.1) is 13.8 Å². The number of nitrogens with zero attached hydrogens (tertiary/aromatic N) is 1. The second-order valence-corrected chi connectivity index (χ2v) is 7.03. The smallest absolute Gasteiger partial charge is 0.277 e. The van der Waals surface area contributed by atoms with Gasteiger partial charge in [-0.2, -0.15) is 0 Å². The summed E-state index contributed by atoms with van der Waals surface area (Å²) >= 11 is 0. The molecule has 0 aromatic heterocycles. The molecule has 1 aliphatic rings. The maximum atomic E-state index is 12.7. The van der Waals surface area contributed by atoms with Gasteiger partial charge in [0.1, 0.15) is 11.4 Å². The summed E-state index contributed by atoms with van der Waals surface area (Å²) in [5.74, 6) is 0.0720. The largest absolute Gasteiger partial charge is 0.491 e. The zero-order valence-corrected chi connectivity index (χ0v) is 16.3. The quantitative estimate of drug-likeness (QED) is 0.817. The zero-order chi connectivity index (χ0) is 19.7. The van der Waals surface area contributed by atoms with E-state index in [0.717, 1.165) is 21.9 Å². The topological polar surface area (TPSA) is 58.6 Å². The number of likely N-dealkylation sites (N-methyl/N-ethyl adjacent to an activating group) is 1. The lowest BCUT2D eigenvalue weighted by Gasteiger charge is -2.11. The second kappa shape index (κ2) is 7.27. The molecule has 1 aliphatic heterocycles. The van der Waals surface area contributed by atoms with Crippen molar-refractivity contribution in [2.24, 2.45) is 0 Å². The number of hydrogen-bond donors (Lipinski definition) is 1. The first-order valence-corrected chi connectivity index (χ1v) is 8.96. The number of carbonyl (C=O) groups is 2. The van der Waals surface area contributed by atoms with Crippen LogP contribution in [0.15, 0.2) is 48.2 Å². The highest BCUT2D eigenvalue weighted by molar-refractivity contribution is 6.36. The molecule has 0 fully saturated rings. The van der Waals surface area contributed by atoms with E-state index in [4.69, 9.17) is 4.74 Å². The molecule has 27 heavy (non-hydrogen) atoms. The van der Waals surface area contributed by atoms with Gasteiger partial charge in [-0.15, -0.1) is 0 Å². The minimum Gasteiger partial charge on any atom is -0.491 e. The maximum Gasteiger partial charge on any atom is 0.277 e. The minimum atomic E-state index is -0.337. The molecule has 1 heterocycles. The predicted octanol–water partition coefficient (Wildman–Crippen LogP) is 3.91. The molecule has 0 radical (unpaired) electrons. The Morgan fingerprint density at radius 2 is 1.59 bits per heavy atom. The van der Waals surface area contributed by atoms with Gasteiger partial charge in [-0.05, 0) is 68.7 Å². The van der Waals surface area contributed by atoms with Gasteiger partial charge in [0.25, 0.3) is 11.8 Å². The van der Waals surface area contributed by atoms with E-state index in [-0.39, 0.29) is 17.9 Å². The number of nitrogens with one attached hydrogen (secondary N) is 1. The molecule has 2 aromatic rings. The summed E-state index contributed by atoms with van der Waals surface area (Å²) in [5, 5.41) is 3.15. The van der Waals surface area contributed by atoms with E-state index in [1.807, 2.05) is 58.0 Å². The first kappa shape index (κ1) is 18.7. The normalized spacial score (nSPS) is 14.4. The van der Waals surface area contributed by atoms with Crippen molar-refractivity contribution in [1.82, 2.24) is 4.90 Å². The maximum absolute atomic E-state index is 12.7. The Labute approximate surface area is 159 Å². The molecular formula is C22H24N2O3. The van der Waals surface area contributed by atoms with Crippen LogP contribution in [0.3, 0.4) is 0 Å². The van der Waals surface area contributed by atoms with Crippen molar-refractivity contribution in [2.75, 3.05) is 12.4 Å². The van der Waals surface area contributed by atoms with Gasteiger partial charge in [0.2, 0.25) is 0 Å². The fourth-order valence-corrected chi connectivity index (χ4v) is 2.96. The summed E-state index contributed by atoms with van der Waals surface area (Å²) in [6, 6.07) is 13.1. The van der Waals surface area contributed by atoms with Crippen LogP contribution in [0.4, 0.5) is 5.69 Å². The van der Waals surface area contributed by atoms with Crippen LogP contribution in [-0.4, -0.2) is 29.9 Å². The van der Waals surface area contributed by atoms with Crippen molar-refractivity contribution in [3.8, 4) is 5.75 Å². The van der Waals surface area contributed by atoms with E-state index in [2.05, 4.69) is 5.32 Å². The molecule has 2 amide bonds. The number of amides is 2. The SMILES string of the molecule is Cc1ccc(NC2=C(c3ccc(OC(C)C)cc3)C(=O)N(C)C2=O)cc1C. The minimum absolute atomic E-state index is 0.0675. The summed E-state index contributed by atoms with van der Waals surface area (Å²) in [4.78, 5) is 26.4. The summed E-state index contributed by atoms with van der Waals surface area (Å²) in [6.07, 6.45) is 0.0675. The Balaban J connectivity index is 2.00. The van der Waals surface area contributed by atoms with Crippen LogP contribution < -0.4 is 10.1 Å². The van der Waals surface area contributed by atoms with Crippen molar-refractivity contribution in [1.29, 1.82) is 0 Å². The fraction of sp³-hybridized carbons (Fsp3) is 0.273. The molecule has 1 N–H and O–H groups in total. The number of imide groups is 1. The number of hydrogen-bond acceptors (Lipinski definition) is 4. The molecule has 5 heteroatoms. The van der Waals surface area contributed by atoms with Crippen LogP contribution in [0.2, 0.25) is 0 Å². The van der Waals surface area contributed by atoms with E-state index in [0.29, 0.717) is 16.8 Å². The second-order valence-electron chi connectivity index (χ2n) is 7.03. The van der Waals surface area contributed by atoms with Gasteiger partial charge in [0.05, 0.1) is 11.7 Å². The Hall–Kier alpha value is -3.08. The number of benzene rings is 2. The number of anilines is 1. The summed E-state index contributed by atoms with van der Waals surface area (Å²) in [5.41, 5.74) is 4.41. The first-order valence-electron chi connectivity index (χ1n) is 8.96. The molecule has 0 aliphatic carbocycles. The number of aryl methyl sites for hydroxylation is 2. The summed E-state index contributed by atoms with van der Waals surface area (Å²) in [6.45, 7) is 7.95. The Morgan fingerprint density at radius 1 is 0.926 bits per heavy atom. The van der Waals surface area contributed by atoms with Crippen molar-refractivity contribution in [3.63, 3.8) is 0 Å². The zero-order valence-electron chi connectivity index (χ0n) is 16.3. The molecule has 0 unspecified atom stereocenters. The molecule has 2 aromatic carbocycles. The number of carbonyl (C=O) groups excluding carboxylic acids is 2. The summed E-state index contributed by atoms with van der Waals surface area (Å²) in [7, 11) is 1.50. The molecule has 0 atom stereocenters. The van der Waals surface area contributed by atoms with Gasteiger partial charge in [-0.1, -0.05) is 18.2 Å². The first-order chi connectivity index (χ1) is 12.8. The predicted molar refractivity (Wildman–Crippen MR) is 106 cm³/mol. The molecule has 0 saturated heterocycles. The number of ether oxygens (including phenoxy) is 1. The van der Waals surface area contributed by atoms with Crippen LogP contribution in [0.1, 0.15) is 30.5 Å². The average molecular weight is 364 g/mol. The highest BCUT2D eigenvalue weighted by Gasteiger charge is 2.36. The van der Waals surface area contributed by atoms with Crippen molar-refractivity contribution < 1.29 is 14.3 Å². The molecule has 0 spiro atoms. The van der Waals surface area contributed by atoms with Crippen molar-refractivity contribution in [2.45, 2.75) is 33.8 Å². The number of rotatable bonds is 5. The highest BCUT2D eigenvalue weighted by atomic mass is 16.5. The lowest BCUT2D eigenvalue weighted by atomic mass is 10.0. The molecule has 0 saturated carbocycles. The Kier molecular flexibility index (Phi) is 5.04. The monoisotopic (exact) mass is 364 g/mol. The van der Waals surface area contributed by atoms with E-state index in [9.17, 15) is 9.59 Å².